The number of nitrogens with zero attached hydrogens (tertiary/aromatic N) is 3. The predicted octanol–water partition coefficient (Wildman–Crippen LogP) is 2.78. The van der Waals surface area contributed by atoms with Crippen molar-refractivity contribution in [2.45, 2.75) is 13.0 Å². The Kier molecular flexibility index (Phi) is 4.93. The average molecular weight is 292 g/mol. The van der Waals surface area contributed by atoms with E-state index < -0.39 is 0 Å². The molecule has 0 fully saturated rings. The molecule has 0 atom stereocenters. The molecule has 0 aliphatic carbocycles. The maximum absolute atomic E-state index is 12.1. The quantitative estimate of drug-likeness (QED) is 0.768. The summed E-state index contributed by atoms with van der Waals surface area (Å²) in [7, 11) is 3.95. The van der Waals surface area contributed by atoms with Crippen molar-refractivity contribution in [1.29, 1.82) is 0 Å². The topological polar surface area (TPSA) is 38.1 Å². The van der Waals surface area contributed by atoms with E-state index in [1.807, 2.05) is 24.9 Å². The van der Waals surface area contributed by atoms with Gasteiger partial charge in [-0.3, -0.25) is 9.69 Å². The van der Waals surface area contributed by atoms with Crippen LogP contribution in [0.4, 0.5) is 0 Å². The molecule has 5 heteroatoms. The van der Waals surface area contributed by atoms with Gasteiger partial charge in [0.05, 0.1) is 6.54 Å². The zero-order chi connectivity index (χ0) is 14.5. The molecule has 0 unspecified atom stereocenters. The highest BCUT2D eigenvalue weighted by molar-refractivity contribution is 6.31. The van der Waals surface area contributed by atoms with Gasteiger partial charge >= 0.3 is 0 Å². The molecule has 0 spiro atoms. The fourth-order valence-electron chi connectivity index (χ4n) is 1.97. The second kappa shape index (κ2) is 6.68. The average Bonchev–Trinajstić information content (AvgIpc) is 2.81. The number of aryl methyl sites for hydroxylation is 1. The fraction of sp³-hybridized carbons (Fsp3) is 0.333. The van der Waals surface area contributed by atoms with Crippen molar-refractivity contribution in [2.24, 2.45) is 7.05 Å². The molecule has 0 aliphatic rings. The number of aromatic nitrogens is 2. The monoisotopic (exact) mass is 291 g/mol. The third kappa shape index (κ3) is 3.92. The molecule has 106 valence electrons. The molecule has 2 aromatic rings. The van der Waals surface area contributed by atoms with Gasteiger partial charge in [0.2, 0.25) is 0 Å². The number of hydrogen-bond donors (Lipinski definition) is 0. The van der Waals surface area contributed by atoms with Crippen molar-refractivity contribution >= 4 is 17.4 Å². The van der Waals surface area contributed by atoms with E-state index in [4.69, 9.17) is 11.6 Å². The van der Waals surface area contributed by atoms with Gasteiger partial charge < -0.3 is 4.57 Å². The van der Waals surface area contributed by atoms with E-state index >= 15 is 0 Å². The first kappa shape index (κ1) is 14.8. The standard InChI is InChI=1S/C15H18ClN3O/c1-18(11-15-17-7-9-19(15)2)8-6-14(20)12-4-3-5-13(16)10-12/h3-5,7,9-10H,6,8,11H2,1-2H3. The van der Waals surface area contributed by atoms with E-state index in [0.29, 0.717) is 23.6 Å². The molecular formula is C15H18ClN3O. The Labute approximate surface area is 124 Å². The lowest BCUT2D eigenvalue weighted by molar-refractivity contribution is 0.0967. The summed E-state index contributed by atoms with van der Waals surface area (Å²) in [6.07, 6.45) is 4.17. The second-order valence-electron chi connectivity index (χ2n) is 4.88. The van der Waals surface area contributed by atoms with E-state index in [9.17, 15) is 4.79 Å². The van der Waals surface area contributed by atoms with Crippen LogP contribution in [0.25, 0.3) is 0 Å². The van der Waals surface area contributed by atoms with Crippen molar-refractivity contribution in [3.8, 4) is 0 Å². The summed E-state index contributed by atoms with van der Waals surface area (Å²) in [6, 6.07) is 7.08. The predicted molar refractivity (Wildman–Crippen MR) is 79.9 cm³/mol. The number of hydrogen-bond acceptors (Lipinski definition) is 3. The zero-order valence-corrected chi connectivity index (χ0v) is 12.5. The van der Waals surface area contributed by atoms with Crippen molar-refractivity contribution in [3.63, 3.8) is 0 Å². The first-order valence-electron chi connectivity index (χ1n) is 6.50. The third-order valence-corrected chi connectivity index (χ3v) is 3.43. The van der Waals surface area contributed by atoms with Crippen LogP contribution in [0.5, 0.6) is 0 Å². The minimum Gasteiger partial charge on any atom is -0.337 e. The van der Waals surface area contributed by atoms with Crippen LogP contribution in [0.2, 0.25) is 5.02 Å². The first-order valence-corrected chi connectivity index (χ1v) is 6.87. The first-order chi connectivity index (χ1) is 9.56. The molecule has 1 aromatic heterocycles. The molecule has 1 heterocycles. The Morgan fingerprint density at radius 1 is 1.45 bits per heavy atom. The molecule has 0 radical (unpaired) electrons. The summed E-state index contributed by atoms with van der Waals surface area (Å²) in [5.41, 5.74) is 0.669. The minimum absolute atomic E-state index is 0.110. The van der Waals surface area contributed by atoms with Gasteiger partial charge in [0.1, 0.15) is 5.82 Å². The summed E-state index contributed by atoms with van der Waals surface area (Å²) < 4.78 is 1.98. The molecule has 0 aliphatic heterocycles. The van der Waals surface area contributed by atoms with Crippen LogP contribution in [0.15, 0.2) is 36.7 Å². The van der Waals surface area contributed by atoms with Crippen LogP contribution in [0.1, 0.15) is 22.6 Å². The van der Waals surface area contributed by atoms with Crippen LogP contribution < -0.4 is 0 Å². The number of benzene rings is 1. The Balaban J connectivity index is 1.86. The van der Waals surface area contributed by atoms with Gasteiger partial charge in [-0.25, -0.2) is 4.98 Å². The van der Waals surface area contributed by atoms with Crippen molar-refractivity contribution in [1.82, 2.24) is 14.5 Å². The number of ketones is 1. The smallest absolute Gasteiger partial charge is 0.164 e. The minimum atomic E-state index is 0.110. The van der Waals surface area contributed by atoms with E-state index in [-0.39, 0.29) is 5.78 Å². The van der Waals surface area contributed by atoms with Crippen LogP contribution in [-0.2, 0) is 13.6 Å². The van der Waals surface area contributed by atoms with Crippen molar-refractivity contribution < 1.29 is 4.79 Å². The number of carbonyl (C=O) groups is 1. The Bertz CT molecular complexity index is 594. The van der Waals surface area contributed by atoms with Crippen LogP contribution in [0.3, 0.4) is 0 Å². The summed E-state index contributed by atoms with van der Waals surface area (Å²) in [4.78, 5) is 18.4. The third-order valence-electron chi connectivity index (χ3n) is 3.20. The molecule has 4 nitrogen and oxygen atoms in total. The molecule has 20 heavy (non-hydrogen) atoms. The zero-order valence-electron chi connectivity index (χ0n) is 11.7. The number of Topliss-reactive ketones (excluding diaryl/α,β-unsaturated/α-hetero) is 1. The number of carbonyl (C=O) groups excluding carboxylic acids is 1. The second-order valence-corrected chi connectivity index (χ2v) is 5.31. The molecule has 0 N–H and O–H groups in total. The molecule has 0 saturated heterocycles. The van der Waals surface area contributed by atoms with Crippen LogP contribution in [0, 0.1) is 0 Å². The Hall–Kier alpha value is -1.65. The van der Waals surface area contributed by atoms with Gasteiger partial charge in [-0.15, -0.1) is 0 Å². The highest BCUT2D eigenvalue weighted by Crippen LogP contribution is 2.12. The molecule has 2 rings (SSSR count). The summed E-state index contributed by atoms with van der Waals surface area (Å²) >= 11 is 5.89. The van der Waals surface area contributed by atoms with Gasteiger partial charge in [0, 0.05) is 43.0 Å². The SMILES string of the molecule is CN(CCC(=O)c1cccc(Cl)c1)Cc1nccn1C. The van der Waals surface area contributed by atoms with Crippen molar-refractivity contribution in [2.75, 3.05) is 13.6 Å². The summed E-state index contributed by atoms with van der Waals surface area (Å²) in [5, 5.41) is 0.595. The van der Waals surface area contributed by atoms with Crippen molar-refractivity contribution in [3.05, 3.63) is 53.1 Å². The molecular weight excluding hydrogens is 274 g/mol. The Morgan fingerprint density at radius 3 is 2.90 bits per heavy atom. The molecule has 1 aromatic carbocycles. The van der Waals surface area contributed by atoms with E-state index in [1.165, 1.54) is 0 Å². The lowest BCUT2D eigenvalue weighted by Crippen LogP contribution is -2.23. The largest absolute Gasteiger partial charge is 0.337 e. The van der Waals surface area contributed by atoms with Gasteiger partial charge in [-0.05, 0) is 19.2 Å². The van der Waals surface area contributed by atoms with E-state index in [2.05, 4.69) is 9.88 Å². The maximum Gasteiger partial charge on any atom is 0.164 e. The number of rotatable bonds is 6. The number of halogens is 1. The molecule has 0 saturated carbocycles. The molecule has 0 bridgehead atoms. The summed E-state index contributed by atoms with van der Waals surface area (Å²) in [5.74, 6) is 1.10. The van der Waals surface area contributed by atoms with Gasteiger partial charge in [0.15, 0.2) is 5.78 Å². The van der Waals surface area contributed by atoms with Crippen LogP contribution >= 0.6 is 11.6 Å². The summed E-state index contributed by atoms with van der Waals surface area (Å²) in [6.45, 7) is 1.42. The highest BCUT2D eigenvalue weighted by atomic mass is 35.5. The van der Waals surface area contributed by atoms with E-state index in [1.54, 1.807) is 30.5 Å². The number of imidazole rings is 1. The van der Waals surface area contributed by atoms with Crippen LogP contribution in [-0.4, -0.2) is 33.8 Å². The lowest BCUT2D eigenvalue weighted by atomic mass is 10.1. The fourth-order valence-corrected chi connectivity index (χ4v) is 2.16. The van der Waals surface area contributed by atoms with Gasteiger partial charge in [-0.1, -0.05) is 23.7 Å². The normalized spacial score (nSPS) is 11.0. The Morgan fingerprint density at radius 2 is 2.25 bits per heavy atom. The molecule has 0 amide bonds. The van der Waals surface area contributed by atoms with E-state index in [0.717, 1.165) is 12.4 Å². The highest BCUT2D eigenvalue weighted by Gasteiger charge is 2.09. The van der Waals surface area contributed by atoms with Gasteiger partial charge in [0.25, 0.3) is 0 Å². The maximum atomic E-state index is 12.1. The lowest BCUT2D eigenvalue weighted by Gasteiger charge is -2.15. The van der Waals surface area contributed by atoms with Gasteiger partial charge in [-0.2, -0.15) is 0 Å².